The molecule has 2 atom stereocenters. The fourth-order valence-electron chi connectivity index (χ4n) is 2.43. The van der Waals surface area contributed by atoms with E-state index in [2.05, 4.69) is 24.3 Å². The Kier molecular flexibility index (Phi) is 5.45. The summed E-state index contributed by atoms with van der Waals surface area (Å²) in [5.41, 5.74) is 0. The number of nitrogens with one attached hydrogen (secondary N) is 1. The van der Waals surface area contributed by atoms with Crippen LogP contribution in [0.2, 0.25) is 0 Å². The highest BCUT2D eigenvalue weighted by Crippen LogP contribution is 2.23. The summed E-state index contributed by atoms with van der Waals surface area (Å²) in [6, 6.07) is 1.43. The van der Waals surface area contributed by atoms with Crippen LogP contribution in [0.15, 0.2) is 0 Å². The molecule has 0 aromatic carbocycles. The van der Waals surface area contributed by atoms with Crippen molar-refractivity contribution in [1.82, 2.24) is 10.2 Å². The maximum Gasteiger partial charge on any atom is 0.0474 e. The summed E-state index contributed by atoms with van der Waals surface area (Å²) in [4.78, 5) is 2.48. The van der Waals surface area contributed by atoms with Gasteiger partial charge in [-0.25, -0.2) is 0 Å². The summed E-state index contributed by atoms with van der Waals surface area (Å²) in [6.45, 7) is 2.03. The predicted molar refractivity (Wildman–Crippen MR) is 59.6 cm³/mol. The van der Waals surface area contributed by atoms with E-state index in [-0.39, 0.29) is 0 Å². The summed E-state index contributed by atoms with van der Waals surface area (Å²) in [5.74, 6) is 0. The topological polar surface area (TPSA) is 24.5 Å². The number of nitrogens with zero attached hydrogens (tertiary/aromatic N) is 1. The Labute approximate surface area is 87.8 Å². The van der Waals surface area contributed by atoms with Crippen LogP contribution < -0.4 is 5.32 Å². The average Bonchev–Trinajstić information content (AvgIpc) is 2.65. The van der Waals surface area contributed by atoms with Gasteiger partial charge >= 0.3 is 0 Å². The van der Waals surface area contributed by atoms with Gasteiger partial charge in [-0.05, 0) is 33.4 Å². The van der Waals surface area contributed by atoms with Gasteiger partial charge in [0.2, 0.25) is 0 Å². The molecule has 3 nitrogen and oxygen atoms in total. The van der Waals surface area contributed by atoms with Crippen molar-refractivity contribution in [3.05, 3.63) is 0 Å². The lowest BCUT2D eigenvalue weighted by Crippen LogP contribution is -2.44. The second-order valence-corrected chi connectivity index (χ2v) is 4.22. The Morgan fingerprint density at radius 1 is 1.43 bits per heavy atom. The third-order valence-corrected chi connectivity index (χ3v) is 3.28. The molecule has 2 unspecified atom stereocenters. The zero-order valence-electron chi connectivity index (χ0n) is 9.75. The molecule has 0 heterocycles. The van der Waals surface area contributed by atoms with Crippen molar-refractivity contribution in [2.45, 2.75) is 37.8 Å². The van der Waals surface area contributed by atoms with Crippen molar-refractivity contribution in [2.24, 2.45) is 0 Å². The number of hydrogen-bond donors (Lipinski definition) is 1. The molecule has 0 radical (unpaired) electrons. The summed E-state index contributed by atoms with van der Waals surface area (Å²) >= 11 is 0. The van der Waals surface area contributed by atoms with Crippen molar-refractivity contribution in [3.63, 3.8) is 0 Å². The van der Waals surface area contributed by atoms with Crippen LogP contribution >= 0.6 is 0 Å². The molecule has 1 rings (SSSR count). The predicted octanol–water partition coefficient (Wildman–Crippen LogP) is 1.10. The zero-order valence-corrected chi connectivity index (χ0v) is 9.75. The summed E-state index contributed by atoms with van der Waals surface area (Å²) in [7, 11) is 6.08. The standard InChI is InChI=1S/C11H24N2O/c1-12-10-6-4-7-11(10)13(2)8-5-9-14-3/h10-12H,4-9H2,1-3H3. The van der Waals surface area contributed by atoms with Gasteiger partial charge in [-0.1, -0.05) is 6.42 Å². The van der Waals surface area contributed by atoms with E-state index in [1.54, 1.807) is 7.11 Å². The van der Waals surface area contributed by atoms with Gasteiger partial charge in [0.1, 0.15) is 0 Å². The van der Waals surface area contributed by atoms with Gasteiger partial charge in [-0.3, -0.25) is 0 Å². The molecule has 0 aliphatic heterocycles. The normalized spacial score (nSPS) is 27.4. The minimum absolute atomic E-state index is 0.697. The Balaban J connectivity index is 2.24. The molecule has 3 heteroatoms. The SMILES string of the molecule is CNC1CCCC1N(C)CCCOC. The molecule has 0 aromatic heterocycles. The molecule has 0 spiro atoms. The first-order valence-corrected chi connectivity index (χ1v) is 5.66. The number of ether oxygens (including phenoxy) is 1. The molecule has 84 valence electrons. The summed E-state index contributed by atoms with van der Waals surface area (Å²) in [5, 5.41) is 3.41. The highest BCUT2D eigenvalue weighted by molar-refractivity contribution is 4.88. The van der Waals surface area contributed by atoms with Gasteiger partial charge in [0.15, 0.2) is 0 Å². The number of rotatable bonds is 6. The Morgan fingerprint density at radius 3 is 2.86 bits per heavy atom. The molecule has 0 aromatic rings. The average molecular weight is 200 g/mol. The van der Waals surface area contributed by atoms with Crippen LogP contribution in [0.5, 0.6) is 0 Å². The molecule has 1 saturated carbocycles. The quantitative estimate of drug-likeness (QED) is 0.650. The summed E-state index contributed by atoms with van der Waals surface area (Å²) in [6.07, 6.45) is 5.18. The number of likely N-dealkylation sites (N-methyl/N-ethyl adjacent to an activating group) is 2. The van der Waals surface area contributed by atoms with Gasteiger partial charge in [0.05, 0.1) is 0 Å². The Hall–Kier alpha value is -0.120. The van der Waals surface area contributed by atoms with Crippen molar-refractivity contribution in [3.8, 4) is 0 Å². The second kappa shape index (κ2) is 6.38. The van der Waals surface area contributed by atoms with Crippen molar-refractivity contribution < 1.29 is 4.74 Å². The van der Waals surface area contributed by atoms with Crippen LogP contribution in [-0.4, -0.2) is 51.3 Å². The third-order valence-electron chi connectivity index (χ3n) is 3.28. The monoisotopic (exact) mass is 200 g/mol. The smallest absolute Gasteiger partial charge is 0.0474 e. The van der Waals surface area contributed by atoms with Crippen LogP contribution in [-0.2, 0) is 4.74 Å². The molecule has 14 heavy (non-hydrogen) atoms. The molecular formula is C11H24N2O. The van der Waals surface area contributed by atoms with Gasteiger partial charge in [-0.15, -0.1) is 0 Å². The molecule has 0 amide bonds. The van der Waals surface area contributed by atoms with Crippen LogP contribution in [0.3, 0.4) is 0 Å². The lowest BCUT2D eigenvalue weighted by molar-refractivity contribution is 0.158. The molecule has 1 aliphatic carbocycles. The van der Waals surface area contributed by atoms with Crippen molar-refractivity contribution in [2.75, 3.05) is 34.4 Å². The molecule has 1 aliphatic rings. The lowest BCUT2D eigenvalue weighted by atomic mass is 10.1. The molecule has 1 fully saturated rings. The summed E-state index contributed by atoms with van der Waals surface area (Å²) < 4.78 is 5.07. The minimum Gasteiger partial charge on any atom is -0.385 e. The largest absolute Gasteiger partial charge is 0.385 e. The number of methoxy groups -OCH3 is 1. The Bertz CT molecular complexity index is 152. The van der Waals surface area contributed by atoms with Crippen LogP contribution in [0.1, 0.15) is 25.7 Å². The third kappa shape index (κ3) is 3.23. The van der Waals surface area contributed by atoms with E-state index in [0.717, 1.165) is 25.6 Å². The first-order valence-electron chi connectivity index (χ1n) is 5.66. The highest BCUT2D eigenvalue weighted by Gasteiger charge is 2.28. The molecule has 0 bridgehead atoms. The molecule has 1 N–H and O–H groups in total. The van der Waals surface area contributed by atoms with E-state index in [1.165, 1.54) is 19.3 Å². The zero-order chi connectivity index (χ0) is 10.4. The highest BCUT2D eigenvalue weighted by atomic mass is 16.5. The van der Waals surface area contributed by atoms with E-state index >= 15 is 0 Å². The van der Waals surface area contributed by atoms with E-state index in [9.17, 15) is 0 Å². The molecule has 0 saturated heterocycles. The van der Waals surface area contributed by atoms with Crippen LogP contribution in [0.4, 0.5) is 0 Å². The van der Waals surface area contributed by atoms with Crippen molar-refractivity contribution >= 4 is 0 Å². The van der Waals surface area contributed by atoms with E-state index in [4.69, 9.17) is 4.74 Å². The van der Waals surface area contributed by atoms with Gasteiger partial charge in [-0.2, -0.15) is 0 Å². The Morgan fingerprint density at radius 2 is 2.21 bits per heavy atom. The fourth-order valence-corrected chi connectivity index (χ4v) is 2.43. The van der Waals surface area contributed by atoms with Gasteiger partial charge < -0.3 is 15.0 Å². The fraction of sp³-hybridized carbons (Fsp3) is 1.00. The number of hydrogen-bond acceptors (Lipinski definition) is 3. The van der Waals surface area contributed by atoms with Gasteiger partial charge in [0, 0.05) is 32.3 Å². The van der Waals surface area contributed by atoms with E-state index in [1.807, 2.05) is 0 Å². The maximum absolute atomic E-state index is 5.07. The van der Waals surface area contributed by atoms with E-state index in [0.29, 0.717) is 6.04 Å². The van der Waals surface area contributed by atoms with Crippen LogP contribution in [0.25, 0.3) is 0 Å². The second-order valence-electron chi connectivity index (χ2n) is 4.22. The lowest BCUT2D eigenvalue weighted by Gasteiger charge is -2.29. The van der Waals surface area contributed by atoms with Crippen molar-refractivity contribution in [1.29, 1.82) is 0 Å². The van der Waals surface area contributed by atoms with E-state index < -0.39 is 0 Å². The maximum atomic E-state index is 5.07. The first kappa shape index (κ1) is 12.0. The first-order chi connectivity index (χ1) is 6.79. The van der Waals surface area contributed by atoms with Crippen LogP contribution in [0, 0.1) is 0 Å². The van der Waals surface area contributed by atoms with Gasteiger partial charge in [0.25, 0.3) is 0 Å². The molecular weight excluding hydrogens is 176 g/mol. The minimum atomic E-state index is 0.697.